The first-order chi connectivity index (χ1) is 10.8. The number of aromatic nitrogens is 5. The molecule has 3 aromatic rings. The smallest absolute Gasteiger partial charge is 0.152 e. The second-order valence-corrected chi connectivity index (χ2v) is 5.62. The summed E-state index contributed by atoms with van der Waals surface area (Å²) in [5.74, 6) is 2.43. The summed E-state index contributed by atoms with van der Waals surface area (Å²) in [5, 5.41) is 16.0. The van der Waals surface area contributed by atoms with Gasteiger partial charge >= 0.3 is 0 Å². The van der Waals surface area contributed by atoms with Gasteiger partial charge in [-0.1, -0.05) is 0 Å². The number of fused-ring (bicyclic) bond motifs is 1. The van der Waals surface area contributed by atoms with Crippen LogP contribution in [0.4, 0.5) is 11.6 Å². The lowest BCUT2D eigenvalue weighted by Gasteiger charge is -2.40. The van der Waals surface area contributed by atoms with Crippen molar-refractivity contribution < 1.29 is 0 Å². The van der Waals surface area contributed by atoms with Crippen LogP contribution in [0.2, 0.25) is 0 Å². The van der Waals surface area contributed by atoms with Gasteiger partial charge in [-0.15, -0.1) is 5.10 Å². The second kappa shape index (κ2) is 5.25. The van der Waals surface area contributed by atoms with E-state index in [1.165, 1.54) is 0 Å². The Bertz CT molecular complexity index is 774. The van der Waals surface area contributed by atoms with Gasteiger partial charge in [0.2, 0.25) is 0 Å². The van der Waals surface area contributed by atoms with Crippen LogP contribution < -0.4 is 10.2 Å². The molecule has 22 heavy (non-hydrogen) atoms. The van der Waals surface area contributed by atoms with E-state index in [1.807, 2.05) is 35.8 Å². The Morgan fingerprint density at radius 1 is 1.18 bits per heavy atom. The maximum absolute atomic E-state index is 4.39. The Labute approximate surface area is 128 Å². The molecule has 1 aliphatic heterocycles. The highest BCUT2D eigenvalue weighted by atomic mass is 15.3. The zero-order valence-corrected chi connectivity index (χ0v) is 12.3. The van der Waals surface area contributed by atoms with Crippen LogP contribution in [0.3, 0.4) is 0 Å². The van der Waals surface area contributed by atoms with E-state index < -0.39 is 0 Å². The quantitative estimate of drug-likeness (QED) is 0.784. The molecule has 1 N–H and O–H groups in total. The van der Waals surface area contributed by atoms with Crippen molar-refractivity contribution in [2.75, 3.05) is 29.9 Å². The van der Waals surface area contributed by atoms with E-state index in [1.54, 1.807) is 12.4 Å². The van der Waals surface area contributed by atoms with Gasteiger partial charge in [0.1, 0.15) is 5.52 Å². The predicted octanol–water partition coefficient (Wildman–Crippen LogP) is 1.38. The van der Waals surface area contributed by atoms with Gasteiger partial charge in [0.15, 0.2) is 11.6 Å². The minimum Gasteiger partial charge on any atom is -0.368 e. The largest absolute Gasteiger partial charge is 0.368 e. The predicted molar refractivity (Wildman–Crippen MR) is 83.9 cm³/mol. The maximum atomic E-state index is 4.39. The van der Waals surface area contributed by atoms with Gasteiger partial charge < -0.3 is 10.2 Å². The molecule has 7 heteroatoms. The van der Waals surface area contributed by atoms with Crippen LogP contribution in [0.1, 0.15) is 5.69 Å². The number of rotatable bonds is 4. The van der Waals surface area contributed by atoms with Gasteiger partial charge in [-0.05, 0) is 25.1 Å². The Morgan fingerprint density at radius 2 is 2.09 bits per heavy atom. The van der Waals surface area contributed by atoms with Crippen LogP contribution in [0.25, 0.3) is 5.52 Å². The van der Waals surface area contributed by atoms with E-state index in [0.29, 0.717) is 5.92 Å². The summed E-state index contributed by atoms with van der Waals surface area (Å²) in [6.07, 6.45) is 5.39. The van der Waals surface area contributed by atoms with Gasteiger partial charge in [-0.3, -0.25) is 0 Å². The van der Waals surface area contributed by atoms with Gasteiger partial charge in [0.05, 0.1) is 11.9 Å². The monoisotopic (exact) mass is 295 g/mol. The summed E-state index contributed by atoms with van der Waals surface area (Å²) in [6, 6.07) is 5.99. The number of nitrogens with zero attached hydrogens (tertiary/aromatic N) is 6. The summed E-state index contributed by atoms with van der Waals surface area (Å²) in [5.41, 5.74) is 1.95. The number of anilines is 2. The summed E-state index contributed by atoms with van der Waals surface area (Å²) in [7, 11) is 0. The Kier molecular flexibility index (Phi) is 3.10. The van der Waals surface area contributed by atoms with E-state index in [9.17, 15) is 0 Å². The summed E-state index contributed by atoms with van der Waals surface area (Å²) >= 11 is 0. The first-order valence-corrected chi connectivity index (χ1v) is 7.37. The van der Waals surface area contributed by atoms with E-state index in [-0.39, 0.29) is 0 Å². The van der Waals surface area contributed by atoms with E-state index in [2.05, 4.69) is 30.5 Å². The molecule has 1 saturated heterocycles. The highest BCUT2D eigenvalue weighted by molar-refractivity contribution is 5.66. The molecule has 1 aliphatic rings. The van der Waals surface area contributed by atoms with E-state index in [0.717, 1.165) is 42.5 Å². The minimum atomic E-state index is 0.591. The standard InChI is InChI=1S/C15H17N7/c1-11-2-3-14(20-19-11)21-9-12(10-21)8-17-15-13-4-5-18-22(13)7-6-16-15/h2-7,12H,8-10H2,1H3,(H,16,17). The average molecular weight is 295 g/mol. The van der Waals surface area contributed by atoms with Gasteiger partial charge in [0.25, 0.3) is 0 Å². The van der Waals surface area contributed by atoms with Crippen LogP contribution in [0, 0.1) is 12.8 Å². The lowest BCUT2D eigenvalue weighted by molar-refractivity contribution is 0.425. The molecule has 0 amide bonds. The second-order valence-electron chi connectivity index (χ2n) is 5.62. The van der Waals surface area contributed by atoms with E-state index in [4.69, 9.17) is 0 Å². The highest BCUT2D eigenvalue weighted by Gasteiger charge is 2.27. The lowest BCUT2D eigenvalue weighted by Crippen LogP contribution is -2.50. The average Bonchev–Trinajstić information content (AvgIpc) is 2.96. The topological polar surface area (TPSA) is 71.2 Å². The van der Waals surface area contributed by atoms with Crippen LogP contribution in [-0.2, 0) is 0 Å². The zero-order chi connectivity index (χ0) is 14.9. The Balaban J connectivity index is 1.35. The first kappa shape index (κ1) is 13.0. The number of aryl methyl sites for hydroxylation is 1. The minimum absolute atomic E-state index is 0.591. The number of nitrogens with one attached hydrogen (secondary N) is 1. The van der Waals surface area contributed by atoms with Crippen LogP contribution in [0.5, 0.6) is 0 Å². The number of hydrogen-bond donors (Lipinski definition) is 1. The first-order valence-electron chi connectivity index (χ1n) is 7.37. The normalized spacial score (nSPS) is 15.0. The van der Waals surface area contributed by atoms with Crippen LogP contribution in [-0.4, -0.2) is 44.4 Å². The molecule has 4 heterocycles. The van der Waals surface area contributed by atoms with Crippen molar-refractivity contribution in [2.24, 2.45) is 5.92 Å². The van der Waals surface area contributed by atoms with Crippen molar-refractivity contribution in [3.8, 4) is 0 Å². The van der Waals surface area contributed by atoms with Crippen LogP contribution in [0.15, 0.2) is 36.8 Å². The van der Waals surface area contributed by atoms with Gasteiger partial charge in [-0.2, -0.15) is 10.2 Å². The fourth-order valence-corrected chi connectivity index (χ4v) is 2.68. The molecule has 112 valence electrons. The molecule has 0 aromatic carbocycles. The molecule has 0 saturated carbocycles. The van der Waals surface area contributed by atoms with Crippen molar-refractivity contribution >= 4 is 17.2 Å². The number of hydrogen-bond acceptors (Lipinski definition) is 6. The van der Waals surface area contributed by atoms with Crippen molar-refractivity contribution in [2.45, 2.75) is 6.92 Å². The molecule has 0 spiro atoms. The zero-order valence-electron chi connectivity index (χ0n) is 12.3. The summed E-state index contributed by atoms with van der Waals surface area (Å²) < 4.78 is 1.82. The Hall–Kier alpha value is -2.70. The van der Waals surface area contributed by atoms with Crippen molar-refractivity contribution in [3.05, 3.63) is 42.5 Å². The third-order valence-electron chi connectivity index (χ3n) is 3.95. The molecule has 0 bridgehead atoms. The maximum Gasteiger partial charge on any atom is 0.152 e. The molecule has 0 aliphatic carbocycles. The van der Waals surface area contributed by atoms with E-state index >= 15 is 0 Å². The van der Waals surface area contributed by atoms with Crippen molar-refractivity contribution in [1.29, 1.82) is 0 Å². The van der Waals surface area contributed by atoms with Gasteiger partial charge in [-0.25, -0.2) is 9.50 Å². The fourth-order valence-electron chi connectivity index (χ4n) is 2.68. The molecule has 3 aromatic heterocycles. The SMILES string of the molecule is Cc1ccc(N2CC(CNc3nccn4nccc34)C2)nn1. The summed E-state index contributed by atoms with van der Waals surface area (Å²) in [4.78, 5) is 6.63. The van der Waals surface area contributed by atoms with Crippen molar-refractivity contribution in [3.63, 3.8) is 0 Å². The molecule has 7 nitrogen and oxygen atoms in total. The molecule has 0 atom stereocenters. The highest BCUT2D eigenvalue weighted by Crippen LogP contribution is 2.23. The third kappa shape index (κ3) is 2.34. The molecular formula is C15H17N7. The van der Waals surface area contributed by atoms with Gasteiger partial charge in [0, 0.05) is 37.9 Å². The van der Waals surface area contributed by atoms with Crippen LogP contribution >= 0.6 is 0 Å². The molecule has 0 radical (unpaired) electrons. The molecular weight excluding hydrogens is 278 g/mol. The molecule has 0 unspecified atom stereocenters. The van der Waals surface area contributed by atoms with Crippen molar-refractivity contribution in [1.82, 2.24) is 24.8 Å². The molecule has 4 rings (SSSR count). The third-order valence-corrected chi connectivity index (χ3v) is 3.95. The lowest BCUT2D eigenvalue weighted by atomic mass is 10.0. The molecule has 1 fully saturated rings. The Morgan fingerprint density at radius 3 is 2.91 bits per heavy atom. The fraction of sp³-hybridized carbons (Fsp3) is 0.333. The summed E-state index contributed by atoms with van der Waals surface area (Å²) in [6.45, 7) is 4.83.